The van der Waals surface area contributed by atoms with Crippen LogP contribution in [0.5, 0.6) is 0 Å². The molecule has 0 radical (unpaired) electrons. The predicted octanol–water partition coefficient (Wildman–Crippen LogP) is 3.39. The molecule has 2 fully saturated rings. The number of aliphatic imine (C=N–C) groups is 1. The highest BCUT2D eigenvalue weighted by Crippen LogP contribution is 2.41. The van der Waals surface area contributed by atoms with Crippen molar-refractivity contribution in [1.29, 1.82) is 0 Å². The van der Waals surface area contributed by atoms with E-state index in [-0.39, 0.29) is 27.8 Å². The fraction of sp³-hybridized carbons (Fsp3) is 0.222. The molecule has 5 nitrogen and oxygen atoms in total. The Hall–Kier alpha value is -1.90. The number of thioether (sulfide) groups is 1. The number of nitrogens with zero attached hydrogens (tertiary/aromatic N) is 2. The van der Waals surface area contributed by atoms with Crippen molar-refractivity contribution in [1.82, 2.24) is 0 Å². The van der Waals surface area contributed by atoms with Crippen LogP contribution in [0.1, 0.15) is 10.4 Å². The minimum atomic E-state index is -3.18. The smallest absolute Gasteiger partial charge is 0.279 e. The number of carbonyl (C=O) groups is 1. The van der Waals surface area contributed by atoms with Gasteiger partial charge in [-0.05, 0) is 30.3 Å². The van der Waals surface area contributed by atoms with Crippen molar-refractivity contribution in [2.24, 2.45) is 4.99 Å². The summed E-state index contributed by atoms with van der Waals surface area (Å²) in [5.41, 5.74) is 0.950. The van der Waals surface area contributed by atoms with E-state index in [9.17, 15) is 17.6 Å². The monoisotopic (exact) mass is 424 g/mol. The lowest BCUT2D eigenvalue weighted by Crippen LogP contribution is -2.37. The highest BCUT2D eigenvalue weighted by atomic mass is 35.5. The van der Waals surface area contributed by atoms with Crippen molar-refractivity contribution in [3.8, 4) is 0 Å². The highest BCUT2D eigenvalue weighted by molar-refractivity contribution is 8.16. The van der Waals surface area contributed by atoms with Gasteiger partial charge in [0, 0.05) is 16.5 Å². The molecule has 27 heavy (non-hydrogen) atoms. The topological polar surface area (TPSA) is 66.8 Å². The third-order valence-electron chi connectivity index (χ3n) is 4.47. The van der Waals surface area contributed by atoms with Crippen LogP contribution in [0.3, 0.4) is 0 Å². The molecule has 2 aromatic carbocycles. The van der Waals surface area contributed by atoms with Crippen LogP contribution < -0.4 is 4.90 Å². The molecule has 2 aliphatic rings. The van der Waals surface area contributed by atoms with E-state index >= 15 is 0 Å². The standard InChI is InChI=1S/C18H14ClFN2O3S2/c19-13-8-12(6-7-14(13)20)22-15-9-27(24,25)10-16(15)26-18(22)21-17(23)11-4-2-1-3-5-11/h1-8,15-16H,9-10H2/t15-,16-/m1/s1. The molecule has 2 saturated heterocycles. The summed E-state index contributed by atoms with van der Waals surface area (Å²) in [6, 6.07) is 12.4. The summed E-state index contributed by atoms with van der Waals surface area (Å²) < 4.78 is 37.7. The number of fused-ring (bicyclic) bond motifs is 1. The van der Waals surface area contributed by atoms with Gasteiger partial charge in [-0.15, -0.1) is 0 Å². The van der Waals surface area contributed by atoms with E-state index in [4.69, 9.17) is 11.6 Å². The first-order valence-electron chi connectivity index (χ1n) is 8.13. The molecule has 1 amide bonds. The van der Waals surface area contributed by atoms with Crippen LogP contribution in [0, 0.1) is 5.82 Å². The number of sulfone groups is 1. The van der Waals surface area contributed by atoms with Crippen molar-refractivity contribution in [3.63, 3.8) is 0 Å². The number of hydrogen-bond acceptors (Lipinski definition) is 4. The van der Waals surface area contributed by atoms with Gasteiger partial charge in [0.1, 0.15) is 5.82 Å². The SMILES string of the molecule is O=C(N=C1S[C@@H]2CS(=O)(=O)C[C@H]2N1c1ccc(F)c(Cl)c1)c1ccccc1. The summed E-state index contributed by atoms with van der Waals surface area (Å²) in [5.74, 6) is -1.01. The number of halogens is 2. The van der Waals surface area contributed by atoms with Gasteiger partial charge in [0.05, 0.1) is 22.6 Å². The van der Waals surface area contributed by atoms with Crippen LogP contribution >= 0.6 is 23.4 Å². The molecule has 9 heteroatoms. The average molecular weight is 425 g/mol. The zero-order valence-corrected chi connectivity index (χ0v) is 16.3. The quantitative estimate of drug-likeness (QED) is 0.739. The molecular weight excluding hydrogens is 411 g/mol. The Labute approximate surface area is 165 Å². The molecule has 2 atom stereocenters. The molecule has 0 unspecified atom stereocenters. The molecular formula is C18H14ClFN2O3S2. The molecule has 0 N–H and O–H groups in total. The second kappa shape index (κ2) is 6.92. The van der Waals surface area contributed by atoms with E-state index < -0.39 is 21.6 Å². The number of benzene rings is 2. The van der Waals surface area contributed by atoms with Gasteiger partial charge >= 0.3 is 0 Å². The van der Waals surface area contributed by atoms with Crippen LogP contribution in [0.4, 0.5) is 10.1 Å². The molecule has 0 bridgehead atoms. The van der Waals surface area contributed by atoms with Gasteiger partial charge in [-0.25, -0.2) is 12.8 Å². The molecule has 4 rings (SSSR count). The molecule has 140 valence electrons. The second-order valence-corrected chi connectivity index (χ2v) is 10.1. The minimum absolute atomic E-state index is 0.0201. The van der Waals surface area contributed by atoms with Gasteiger partial charge in [-0.2, -0.15) is 4.99 Å². The minimum Gasteiger partial charge on any atom is -0.316 e. The summed E-state index contributed by atoms with van der Waals surface area (Å²) in [6.07, 6.45) is 0. The third kappa shape index (κ3) is 3.61. The first kappa shape index (κ1) is 18.5. The van der Waals surface area contributed by atoms with Gasteiger partial charge in [-0.1, -0.05) is 41.6 Å². The molecule has 0 saturated carbocycles. The number of anilines is 1. The first-order valence-corrected chi connectivity index (χ1v) is 11.2. The molecule has 2 aromatic rings. The van der Waals surface area contributed by atoms with Gasteiger partial charge in [0.25, 0.3) is 5.91 Å². The van der Waals surface area contributed by atoms with Crippen molar-refractivity contribution in [2.45, 2.75) is 11.3 Å². The lowest BCUT2D eigenvalue weighted by Gasteiger charge is -2.24. The number of hydrogen-bond donors (Lipinski definition) is 0. The Morgan fingerprint density at radius 1 is 1.19 bits per heavy atom. The number of carbonyl (C=O) groups excluding carboxylic acids is 1. The van der Waals surface area contributed by atoms with Crippen LogP contribution in [-0.2, 0) is 9.84 Å². The van der Waals surface area contributed by atoms with Crippen LogP contribution in [0.2, 0.25) is 5.02 Å². The summed E-state index contributed by atoms with van der Waals surface area (Å²) in [6.45, 7) is 0. The highest BCUT2D eigenvalue weighted by Gasteiger charge is 2.49. The Morgan fingerprint density at radius 2 is 1.93 bits per heavy atom. The molecule has 0 spiro atoms. The second-order valence-electron chi connectivity index (χ2n) is 6.33. The number of amides is 1. The van der Waals surface area contributed by atoms with Gasteiger partial charge in [-0.3, -0.25) is 4.79 Å². The van der Waals surface area contributed by atoms with Crippen LogP contribution in [-0.4, -0.2) is 42.3 Å². The zero-order valence-electron chi connectivity index (χ0n) is 13.9. The van der Waals surface area contributed by atoms with Crippen molar-refractivity contribution < 1.29 is 17.6 Å². The predicted molar refractivity (Wildman–Crippen MR) is 106 cm³/mol. The van der Waals surface area contributed by atoms with E-state index in [1.165, 1.54) is 30.0 Å². The van der Waals surface area contributed by atoms with Crippen LogP contribution in [0.15, 0.2) is 53.5 Å². The normalized spacial score (nSPS) is 25.0. The average Bonchev–Trinajstić information content (AvgIpc) is 3.09. The number of rotatable bonds is 2. The Balaban J connectivity index is 1.75. The lowest BCUT2D eigenvalue weighted by atomic mass is 10.2. The van der Waals surface area contributed by atoms with E-state index in [2.05, 4.69) is 4.99 Å². The Bertz CT molecular complexity index is 1040. The summed E-state index contributed by atoms with van der Waals surface area (Å²) in [4.78, 5) is 18.4. The first-order chi connectivity index (χ1) is 12.8. The Kier molecular flexibility index (Phi) is 4.73. The van der Waals surface area contributed by atoms with Gasteiger partial charge in [0.2, 0.25) is 0 Å². The zero-order chi connectivity index (χ0) is 19.2. The largest absolute Gasteiger partial charge is 0.316 e. The lowest BCUT2D eigenvalue weighted by molar-refractivity contribution is 0.100. The maximum absolute atomic E-state index is 13.6. The molecule has 0 aromatic heterocycles. The maximum atomic E-state index is 13.6. The van der Waals surface area contributed by atoms with E-state index in [1.807, 2.05) is 0 Å². The van der Waals surface area contributed by atoms with Gasteiger partial charge < -0.3 is 4.90 Å². The summed E-state index contributed by atoms with van der Waals surface area (Å²) in [5, 5.41) is 0.0909. The molecule has 2 aliphatic heterocycles. The number of amidine groups is 1. The molecule has 0 aliphatic carbocycles. The van der Waals surface area contributed by atoms with Gasteiger partial charge in [0.15, 0.2) is 15.0 Å². The van der Waals surface area contributed by atoms with E-state index in [1.54, 1.807) is 35.2 Å². The molecule has 2 heterocycles. The van der Waals surface area contributed by atoms with E-state index in [0.717, 1.165) is 0 Å². The van der Waals surface area contributed by atoms with Crippen molar-refractivity contribution in [2.75, 3.05) is 16.4 Å². The fourth-order valence-corrected chi connectivity index (χ4v) is 7.32. The fourth-order valence-electron chi connectivity index (χ4n) is 3.23. The van der Waals surface area contributed by atoms with Crippen molar-refractivity contribution >= 4 is 50.0 Å². The van der Waals surface area contributed by atoms with Crippen molar-refractivity contribution in [3.05, 3.63) is 64.9 Å². The summed E-state index contributed by atoms with van der Waals surface area (Å²) in [7, 11) is -3.18. The third-order valence-corrected chi connectivity index (χ3v) is 7.97. The maximum Gasteiger partial charge on any atom is 0.279 e. The van der Waals surface area contributed by atoms with E-state index in [0.29, 0.717) is 16.4 Å². The Morgan fingerprint density at radius 3 is 2.63 bits per heavy atom. The summed E-state index contributed by atoms with van der Waals surface area (Å²) >= 11 is 7.17. The van der Waals surface area contributed by atoms with Crippen LogP contribution in [0.25, 0.3) is 0 Å².